The molecule has 0 aliphatic carbocycles. The van der Waals surface area contributed by atoms with Gasteiger partial charge in [-0.25, -0.2) is 0 Å². The first kappa shape index (κ1) is 14.6. The van der Waals surface area contributed by atoms with Crippen LogP contribution >= 0.6 is 43.5 Å². The number of amides is 1. The monoisotopic (exact) mass is 401 g/mol. The van der Waals surface area contributed by atoms with Gasteiger partial charge in [-0.3, -0.25) is 4.79 Å². The van der Waals surface area contributed by atoms with Gasteiger partial charge in [-0.2, -0.15) is 0 Å². The zero-order chi connectivity index (χ0) is 14.0. The van der Waals surface area contributed by atoms with Crippen LogP contribution in [0, 0.1) is 6.92 Å². The maximum absolute atomic E-state index is 12.2. The van der Waals surface area contributed by atoms with Gasteiger partial charge in [0.25, 0.3) is 5.91 Å². The Kier molecular flexibility index (Phi) is 4.66. The lowest BCUT2D eigenvalue weighted by molar-refractivity contribution is 0.102. The fraction of sp³-hybridized carbons (Fsp3) is 0.0714. The van der Waals surface area contributed by atoms with Crippen molar-refractivity contribution < 1.29 is 4.79 Å². The van der Waals surface area contributed by atoms with Crippen LogP contribution in [-0.4, -0.2) is 5.91 Å². The molecule has 1 N–H and O–H groups in total. The molecule has 0 spiro atoms. The number of halogens is 3. The molecule has 2 aromatic carbocycles. The standard InChI is InChI=1S/C14H10Br2ClNO/c1-8-2-5-13(12(17)6-8)18-14(19)10-4-3-9(15)7-11(10)16/h2-7H,1H3,(H,18,19). The zero-order valence-electron chi connectivity index (χ0n) is 10.0. The SMILES string of the molecule is Cc1ccc(NC(=O)c2ccc(Br)cc2Br)c(Cl)c1. The first-order chi connectivity index (χ1) is 8.97. The van der Waals surface area contributed by atoms with Crippen molar-refractivity contribution in [1.82, 2.24) is 0 Å². The van der Waals surface area contributed by atoms with Crippen LogP contribution < -0.4 is 5.32 Å². The Balaban J connectivity index is 2.25. The Labute approximate surface area is 133 Å². The Bertz CT molecular complexity index is 643. The molecule has 0 fully saturated rings. The Hall–Kier alpha value is -0.840. The molecule has 19 heavy (non-hydrogen) atoms. The highest BCUT2D eigenvalue weighted by molar-refractivity contribution is 9.11. The number of anilines is 1. The van der Waals surface area contributed by atoms with E-state index >= 15 is 0 Å². The van der Waals surface area contributed by atoms with Gasteiger partial charge < -0.3 is 5.32 Å². The molecule has 0 aromatic heterocycles. The second-order valence-electron chi connectivity index (χ2n) is 4.06. The molecule has 0 aliphatic heterocycles. The van der Waals surface area contributed by atoms with Crippen LogP contribution in [0.4, 0.5) is 5.69 Å². The minimum atomic E-state index is -0.204. The third kappa shape index (κ3) is 3.59. The van der Waals surface area contributed by atoms with Crippen molar-refractivity contribution in [3.05, 3.63) is 61.5 Å². The molecule has 5 heteroatoms. The third-order valence-corrected chi connectivity index (χ3v) is 4.01. The summed E-state index contributed by atoms with van der Waals surface area (Å²) in [5, 5.41) is 3.33. The highest BCUT2D eigenvalue weighted by Gasteiger charge is 2.12. The molecular weight excluding hydrogens is 393 g/mol. The number of benzene rings is 2. The second kappa shape index (κ2) is 6.07. The van der Waals surface area contributed by atoms with Gasteiger partial charge in [0.1, 0.15) is 0 Å². The van der Waals surface area contributed by atoms with Crippen molar-refractivity contribution in [2.45, 2.75) is 6.92 Å². The van der Waals surface area contributed by atoms with Gasteiger partial charge in [0.15, 0.2) is 0 Å². The van der Waals surface area contributed by atoms with E-state index in [-0.39, 0.29) is 5.91 Å². The summed E-state index contributed by atoms with van der Waals surface area (Å²) >= 11 is 12.8. The molecule has 0 saturated heterocycles. The minimum Gasteiger partial charge on any atom is -0.321 e. The van der Waals surface area contributed by atoms with E-state index in [1.165, 1.54) is 0 Å². The average molecular weight is 404 g/mol. The molecule has 0 atom stereocenters. The quantitative estimate of drug-likeness (QED) is 0.712. The lowest BCUT2D eigenvalue weighted by Crippen LogP contribution is -2.12. The van der Waals surface area contributed by atoms with Gasteiger partial charge in [0.05, 0.1) is 16.3 Å². The number of hydrogen-bond donors (Lipinski definition) is 1. The molecule has 2 aromatic rings. The Morgan fingerprint density at radius 3 is 2.53 bits per heavy atom. The topological polar surface area (TPSA) is 29.1 Å². The van der Waals surface area contributed by atoms with Crippen molar-refractivity contribution in [3.8, 4) is 0 Å². The number of carbonyl (C=O) groups excluding carboxylic acids is 1. The lowest BCUT2D eigenvalue weighted by atomic mass is 10.2. The average Bonchev–Trinajstić information content (AvgIpc) is 2.32. The van der Waals surface area contributed by atoms with Crippen molar-refractivity contribution in [2.24, 2.45) is 0 Å². The molecule has 0 aliphatic rings. The maximum Gasteiger partial charge on any atom is 0.256 e. The van der Waals surface area contributed by atoms with Crippen LogP contribution in [0.5, 0.6) is 0 Å². The molecule has 2 nitrogen and oxygen atoms in total. The molecule has 0 radical (unpaired) electrons. The van der Waals surface area contributed by atoms with Crippen LogP contribution in [0.25, 0.3) is 0 Å². The molecule has 1 amide bonds. The molecule has 98 valence electrons. The zero-order valence-corrected chi connectivity index (χ0v) is 13.9. The molecule has 0 heterocycles. The number of rotatable bonds is 2. The van der Waals surface area contributed by atoms with Gasteiger partial charge in [-0.15, -0.1) is 0 Å². The van der Waals surface area contributed by atoms with Crippen LogP contribution in [0.15, 0.2) is 45.3 Å². The highest BCUT2D eigenvalue weighted by atomic mass is 79.9. The summed E-state index contributed by atoms with van der Waals surface area (Å²) in [5.74, 6) is -0.204. The van der Waals surface area contributed by atoms with Crippen molar-refractivity contribution in [1.29, 1.82) is 0 Å². The van der Waals surface area contributed by atoms with E-state index in [4.69, 9.17) is 11.6 Å². The van der Waals surface area contributed by atoms with Gasteiger partial charge in [-0.05, 0) is 58.7 Å². The normalized spacial score (nSPS) is 10.3. The summed E-state index contributed by atoms with van der Waals surface area (Å²) in [7, 11) is 0. The first-order valence-electron chi connectivity index (χ1n) is 5.50. The third-order valence-electron chi connectivity index (χ3n) is 2.55. The van der Waals surface area contributed by atoms with E-state index < -0.39 is 0 Å². The van der Waals surface area contributed by atoms with E-state index in [1.54, 1.807) is 12.1 Å². The molecule has 0 bridgehead atoms. The van der Waals surface area contributed by atoms with E-state index in [0.29, 0.717) is 16.3 Å². The van der Waals surface area contributed by atoms with Gasteiger partial charge in [0, 0.05) is 8.95 Å². The maximum atomic E-state index is 12.2. The van der Waals surface area contributed by atoms with E-state index in [9.17, 15) is 4.79 Å². The lowest BCUT2D eigenvalue weighted by Gasteiger charge is -2.09. The van der Waals surface area contributed by atoms with Crippen LogP contribution in [0.2, 0.25) is 5.02 Å². The predicted molar refractivity (Wildman–Crippen MR) is 86.0 cm³/mol. The Morgan fingerprint density at radius 2 is 1.89 bits per heavy atom. The summed E-state index contributed by atoms with van der Waals surface area (Å²) in [4.78, 5) is 12.2. The van der Waals surface area contributed by atoms with E-state index in [2.05, 4.69) is 37.2 Å². The summed E-state index contributed by atoms with van der Waals surface area (Å²) in [6, 6.07) is 10.9. The van der Waals surface area contributed by atoms with Gasteiger partial charge in [-0.1, -0.05) is 33.6 Å². The Morgan fingerprint density at radius 1 is 1.16 bits per heavy atom. The van der Waals surface area contributed by atoms with E-state index in [1.807, 2.05) is 31.2 Å². The summed E-state index contributed by atoms with van der Waals surface area (Å²) in [6.07, 6.45) is 0. The van der Waals surface area contributed by atoms with Gasteiger partial charge >= 0.3 is 0 Å². The fourth-order valence-corrected chi connectivity index (χ4v) is 3.09. The summed E-state index contributed by atoms with van der Waals surface area (Å²) in [6.45, 7) is 1.95. The van der Waals surface area contributed by atoms with Crippen LogP contribution in [0.1, 0.15) is 15.9 Å². The largest absolute Gasteiger partial charge is 0.321 e. The number of carbonyl (C=O) groups is 1. The smallest absolute Gasteiger partial charge is 0.256 e. The fourth-order valence-electron chi connectivity index (χ4n) is 1.58. The van der Waals surface area contributed by atoms with Crippen LogP contribution in [0.3, 0.4) is 0 Å². The number of hydrogen-bond acceptors (Lipinski definition) is 1. The van der Waals surface area contributed by atoms with Crippen molar-refractivity contribution in [3.63, 3.8) is 0 Å². The van der Waals surface area contributed by atoms with Crippen LogP contribution in [-0.2, 0) is 0 Å². The number of aryl methyl sites for hydroxylation is 1. The summed E-state index contributed by atoms with van der Waals surface area (Å²) in [5.41, 5.74) is 2.21. The summed E-state index contributed by atoms with van der Waals surface area (Å²) < 4.78 is 1.63. The van der Waals surface area contributed by atoms with Crippen molar-refractivity contribution in [2.75, 3.05) is 5.32 Å². The molecular formula is C14H10Br2ClNO. The highest BCUT2D eigenvalue weighted by Crippen LogP contribution is 2.26. The van der Waals surface area contributed by atoms with E-state index in [0.717, 1.165) is 14.5 Å². The molecule has 0 saturated carbocycles. The first-order valence-corrected chi connectivity index (χ1v) is 7.46. The molecule has 2 rings (SSSR count). The molecule has 0 unspecified atom stereocenters. The number of nitrogens with one attached hydrogen (secondary N) is 1. The second-order valence-corrected chi connectivity index (χ2v) is 6.24. The van der Waals surface area contributed by atoms with Gasteiger partial charge in [0.2, 0.25) is 0 Å². The predicted octanol–water partition coefficient (Wildman–Crippen LogP) is 5.43. The minimum absolute atomic E-state index is 0.204. The van der Waals surface area contributed by atoms with Crippen molar-refractivity contribution >= 4 is 55.1 Å².